The highest BCUT2D eigenvalue weighted by molar-refractivity contribution is 9.10. The van der Waals surface area contributed by atoms with Gasteiger partial charge in [-0.25, -0.2) is 4.79 Å². The van der Waals surface area contributed by atoms with E-state index in [0.29, 0.717) is 12.3 Å². The summed E-state index contributed by atoms with van der Waals surface area (Å²) in [6.07, 6.45) is 1.04. The molecule has 0 bridgehead atoms. The van der Waals surface area contributed by atoms with Gasteiger partial charge in [0.15, 0.2) is 0 Å². The van der Waals surface area contributed by atoms with Crippen molar-refractivity contribution >= 4 is 33.6 Å². The molecule has 0 radical (unpaired) electrons. The first-order chi connectivity index (χ1) is 9.30. The fraction of sp³-hybridized carbons (Fsp3) is 0.533. The zero-order valence-corrected chi connectivity index (χ0v) is 14.4. The molecule has 0 saturated carbocycles. The van der Waals surface area contributed by atoms with Crippen LogP contribution in [0.5, 0.6) is 0 Å². The molecule has 0 aromatic heterocycles. The molecule has 0 aliphatic rings. The lowest BCUT2D eigenvalue weighted by Crippen LogP contribution is -2.40. The molecule has 0 heterocycles. The third-order valence-electron chi connectivity index (χ3n) is 2.57. The summed E-state index contributed by atoms with van der Waals surface area (Å²) in [6, 6.07) is 8.01. The normalized spacial score (nSPS) is 12.8. The van der Waals surface area contributed by atoms with E-state index in [1.54, 1.807) is 0 Å². The summed E-state index contributed by atoms with van der Waals surface area (Å²) in [4.78, 5) is 11.8. The van der Waals surface area contributed by atoms with Gasteiger partial charge in [-0.05, 0) is 51.3 Å². The summed E-state index contributed by atoms with van der Waals surface area (Å²) < 4.78 is 6.31. The molecule has 1 amide bonds. The second kappa shape index (κ2) is 7.89. The van der Waals surface area contributed by atoms with E-state index in [-0.39, 0.29) is 6.04 Å². The number of amides is 1. The Balaban J connectivity index is 2.60. The third-order valence-corrected chi connectivity index (χ3v) is 3.32. The highest BCUT2D eigenvalue weighted by Crippen LogP contribution is 2.14. The summed E-state index contributed by atoms with van der Waals surface area (Å²) in [5, 5.41) is 2.88. The Morgan fingerprint density at radius 2 is 1.95 bits per heavy atom. The largest absolute Gasteiger partial charge is 0.444 e. The van der Waals surface area contributed by atoms with E-state index in [9.17, 15) is 4.79 Å². The molecule has 20 heavy (non-hydrogen) atoms. The lowest BCUT2D eigenvalue weighted by atomic mass is 10.0. The summed E-state index contributed by atoms with van der Waals surface area (Å²) in [5.41, 5.74) is 0.659. The van der Waals surface area contributed by atoms with Crippen molar-refractivity contribution < 1.29 is 9.53 Å². The molecule has 1 aromatic carbocycles. The molecule has 0 saturated heterocycles. The van der Waals surface area contributed by atoms with Crippen molar-refractivity contribution in [2.45, 2.75) is 45.3 Å². The van der Waals surface area contributed by atoms with Crippen LogP contribution in [0.1, 0.15) is 32.8 Å². The third kappa shape index (κ3) is 7.15. The van der Waals surface area contributed by atoms with E-state index in [2.05, 4.69) is 21.2 Å². The number of carbonyl (C=O) groups excluding carboxylic acids is 1. The van der Waals surface area contributed by atoms with Gasteiger partial charge in [0.05, 0.1) is 0 Å². The SMILES string of the molecule is CC(C)(C)OC(=O)N[C@H](CCCl)Cc1ccc(Br)cc1. The molecule has 0 unspecified atom stereocenters. The molecule has 3 nitrogen and oxygen atoms in total. The lowest BCUT2D eigenvalue weighted by Gasteiger charge is -2.23. The number of benzene rings is 1. The Hall–Kier alpha value is -0.740. The molecule has 5 heteroatoms. The molecule has 0 aliphatic carbocycles. The van der Waals surface area contributed by atoms with Gasteiger partial charge >= 0.3 is 6.09 Å². The molecule has 1 rings (SSSR count). The minimum Gasteiger partial charge on any atom is -0.444 e. The number of alkyl halides is 1. The monoisotopic (exact) mass is 361 g/mol. The summed E-state index contributed by atoms with van der Waals surface area (Å²) in [6.45, 7) is 5.54. The minimum atomic E-state index is -0.493. The van der Waals surface area contributed by atoms with Gasteiger partial charge in [0, 0.05) is 16.4 Å². The highest BCUT2D eigenvalue weighted by Gasteiger charge is 2.19. The molecule has 1 aromatic rings. The van der Waals surface area contributed by atoms with Crippen LogP contribution in [0.25, 0.3) is 0 Å². The van der Waals surface area contributed by atoms with Crippen molar-refractivity contribution in [3.8, 4) is 0 Å². The number of alkyl carbamates (subject to hydrolysis) is 1. The molecule has 1 N–H and O–H groups in total. The summed E-state index contributed by atoms with van der Waals surface area (Å²) >= 11 is 9.21. The smallest absolute Gasteiger partial charge is 0.407 e. The van der Waals surface area contributed by atoms with Crippen LogP contribution in [0.2, 0.25) is 0 Å². The van der Waals surface area contributed by atoms with Gasteiger partial charge in [-0.15, -0.1) is 11.6 Å². The van der Waals surface area contributed by atoms with Crippen molar-refractivity contribution in [2.24, 2.45) is 0 Å². The fourth-order valence-electron chi connectivity index (χ4n) is 1.74. The first-order valence-corrected chi connectivity index (χ1v) is 7.93. The first kappa shape index (κ1) is 17.3. The fourth-order valence-corrected chi connectivity index (χ4v) is 2.26. The second-order valence-electron chi connectivity index (χ2n) is 5.65. The molecule has 0 fully saturated rings. The van der Waals surface area contributed by atoms with Crippen molar-refractivity contribution in [3.05, 3.63) is 34.3 Å². The van der Waals surface area contributed by atoms with Crippen LogP contribution in [-0.2, 0) is 11.2 Å². The van der Waals surface area contributed by atoms with Gasteiger partial charge in [0.1, 0.15) is 5.60 Å². The molecule has 1 atom stereocenters. The number of halogens is 2. The van der Waals surface area contributed by atoms with E-state index >= 15 is 0 Å². The maximum absolute atomic E-state index is 11.8. The van der Waals surface area contributed by atoms with Crippen LogP contribution >= 0.6 is 27.5 Å². The maximum Gasteiger partial charge on any atom is 0.407 e. The van der Waals surface area contributed by atoms with E-state index in [0.717, 1.165) is 16.5 Å². The first-order valence-electron chi connectivity index (χ1n) is 6.60. The summed E-state index contributed by atoms with van der Waals surface area (Å²) in [5.74, 6) is 0.497. The molecule has 0 aliphatic heterocycles. The van der Waals surface area contributed by atoms with Crippen molar-refractivity contribution in [1.29, 1.82) is 0 Å². The molecule has 0 spiro atoms. The number of hydrogen-bond acceptors (Lipinski definition) is 2. The average molecular weight is 363 g/mol. The van der Waals surface area contributed by atoms with Crippen LogP contribution in [0.3, 0.4) is 0 Å². The molecular weight excluding hydrogens is 342 g/mol. The van der Waals surface area contributed by atoms with Gasteiger partial charge < -0.3 is 10.1 Å². The number of hydrogen-bond donors (Lipinski definition) is 1. The van der Waals surface area contributed by atoms with Crippen LogP contribution in [-0.4, -0.2) is 23.6 Å². The van der Waals surface area contributed by atoms with Crippen LogP contribution < -0.4 is 5.32 Å². The zero-order chi connectivity index (χ0) is 15.2. The summed E-state index contributed by atoms with van der Waals surface area (Å²) in [7, 11) is 0. The van der Waals surface area contributed by atoms with Gasteiger partial charge in [-0.3, -0.25) is 0 Å². The van der Waals surface area contributed by atoms with E-state index in [1.807, 2.05) is 45.0 Å². The van der Waals surface area contributed by atoms with Gasteiger partial charge in [0.2, 0.25) is 0 Å². The van der Waals surface area contributed by atoms with E-state index < -0.39 is 11.7 Å². The lowest BCUT2D eigenvalue weighted by molar-refractivity contribution is 0.0503. The predicted octanol–water partition coefficient (Wildman–Crippen LogP) is 4.51. The Bertz CT molecular complexity index is 428. The molecule has 112 valence electrons. The van der Waals surface area contributed by atoms with Crippen LogP contribution in [0.4, 0.5) is 4.79 Å². The number of rotatable bonds is 5. The Kier molecular flexibility index (Phi) is 6.83. The molecular formula is C15H21BrClNO2. The zero-order valence-electron chi connectivity index (χ0n) is 12.1. The number of nitrogens with one attached hydrogen (secondary N) is 1. The quantitative estimate of drug-likeness (QED) is 0.782. The van der Waals surface area contributed by atoms with E-state index in [4.69, 9.17) is 16.3 Å². The number of carbonyl (C=O) groups is 1. The van der Waals surface area contributed by atoms with Gasteiger partial charge in [-0.1, -0.05) is 28.1 Å². The Morgan fingerprint density at radius 1 is 1.35 bits per heavy atom. The maximum atomic E-state index is 11.8. The topological polar surface area (TPSA) is 38.3 Å². The van der Waals surface area contributed by atoms with Crippen LogP contribution in [0.15, 0.2) is 28.7 Å². The average Bonchev–Trinajstić information content (AvgIpc) is 2.30. The minimum absolute atomic E-state index is 0.0245. The second-order valence-corrected chi connectivity index (χ2v) is 6.95. The van der Waals surface area contributed by atoms with Crippen molar-refractivity contribution in [1.82, 2.24) is 5.32 Å². The highest BCUT2D eigenvalue weighted by atomic mass is 79.9. The Morgan fingerprint density at radius 3 is 2.45 bits per heavy atom. The van der Waals surface area contributed by atoms with Crippen molar-refractivity contribution in [3.63, 3.8) is 0 Å². The van der Waals surface area contributed by atoms with Gasteiger partial charge in [0.25, 0.3) is 0 Å². The standard InChI is InChI=1S/C15H21BrClNO2/c1-15(2,3)20-14(19)18-13(8-9-17)10-11-4-6-12(16)7-5-11/h4-7,13H,8-10H2,1-3H3,(H,18,19)/t13-/m1/s1. The predicted molar refractivity (Wildman–Crippen MR) is 86.3 cm³/mol. The van der Waals surface area contributed by atoms with Crippen molar-refractivity contribution in [2.75, 3.05) is 5.88 Å². The Labute approximate surface area is 134 Å². The van der Waals surface area contributed by atoms with Gasteiger partial charge in [-0.2, -0.15) is 0 Å². The number of ether oxygens (including phenoxy) is 1. The van der Waals surface area contributed by atoms with Crippen LogP contribution in [0, 0.1) is 0 Å². The van der Waals surface area contributed by atoms with E-state index in [1.165, 1.54) is 0 Å².